The molecule has 4 rings (SSSR count). The summed E-state index contributed by atoms with van der Waals surface area (Å²) < 4.78 is 42.7. The van der Waals surface area contributed by atoms with Crippen LogP contribution in [-0.4, -0.2) is 49.2 Å². The summed E-state index contributed by atoms with van der Waals surface area (Å²) in [5.74, 6) is 1.54. The van der Waals surface area contributed by atoms with Crippen molar-refractivity contribution in [2.75, 3.05) is 26.3 Å². The van der Waals surface area contributed by atoms with Crippen LogP contribution in [0.25, 0.3) is 0 Å². The lowest BCUT2D eigenvalue weighted by atomic mass is 10.1. The van der Waals surface area contributed by atoms with Crippen LogP contribution < -0.4 is 9.47 Å². The van der Waals surface area contributed by atoms with Crippen molar-refractivity contribution in [1.82, 2.24) is 14.4 Å². The number of sulfonamides is 1. The molecule has 1 unspecified atom stereocenters. The Morgan fingerprint density at radius 3 is 2.78 bits per heavy atom. The van der Waals surface area contributed by atoms with Crippen LogP contribution in [0.15, 0.2) is 34.0 Å². The van der Waals surface area contributed by atoms with Crippen molar-refractivity contribution in [2.24, 2.45) is 0 Å². The van der Waals surface area contributed by atoms with Crippen LogP contribution in [0.2, 0.25) is 0 Å². The second-order valence-electron chi connectivity index (χ2n) is 5.44. The summed E-state index contributed by atoms with van der Waals surface area (Å²) >= 11 is 0. The molecule has 0 spiro atoms. The van der Waals surface area contributed by atoms with Crippen molar-refractivity contribution in [2.45, 2.75) is 17.2 Å². The molecular formula is C14H15N3O5S. The predicted molar refractivity (Wildman–Crippen MR) is 77.8 cm³/mol. The molecule has 1 saturated heterocycles. The van der Waals surface area contributed by atoms with Crippen LogP contribution in [0.1, 0.15) is 18.2 Å². The van der Waals surface area contributed by atoms with Gasteiger partial charge in [-0.2, -0.15) is 9.29 Å². The number of rotatable bonds is 3. The first-order chi connectivity index (χ1) is 11.1. The quantitative estimate of drug-likeness (QED) is 0.825. The molecular weight excluding hydrogens is 322 g/mol. The Hall–Kier alpha value is -2.13. The van der Waals surface area contributed by atoms with Gasteiger partial charge in [0.25, 0.3) is 0 Å². The first-order valence-corrected chi connectivity index (χ1v) is 8.75. The average molecular weight is 337 g/mol. The molecule has 3 heterocycles. The van der Waals surface area contributed by atoms with Crippen molar-refractivity contribution in [3.05, 3.63) is 30.4 Å². The van der Waals surface area contributed by atoms with Gasteiger partial charge in [0.1, 0.15) is 13.2 Å². The molecule has 2 aliphatic heterocycles. The number of ether oxygens (including phenoxy) is 2. The molecule has 0 saturated carbocycles. The van der Waals surface area contributed by atoms with Crippen molar-refractivity contribution in [3.8, 4) is 11.5 Å². The van der Waals surface area contributed by atoms with E-state index in [1.165, 1.54) is 16.8 Å². The lowest BCUT2D eigenvalue weighted by Crippen LogP contribution is -2.29. The van der Waals surface area contributed by atoms with Gasteiger partial charge in [-0.25, -0.2) is 8.42 Å². The highest BCUT2D eigenvalue weighted by Gasteiger charge is 2.35. The Bertz CT molecular complexity index is 806. The minimum atomic E-state index is -3.58. The van der Waals surface area contributed by atoms with Gasteiger partial charge in [0.15, 0.2) is 17.3 Å². The van der Waals surface area contributed by atoms with E-state index in [1.54, 1.807) is 12.1 Å². The molecule has 8 nitrogen and oxygen atoms in total. The van der Waals surface area contributed by atoms with E-state index in [9.17, 15) is 8.42 Å². The van der Waals surface area contributed by atoms with E-state index in [0.29, 0.717) is 50.0 Å². The van der Waals surface area contributed by atoms with E-state index >= 15 is 0 Å². The second kappa shape index (κ2) is 5.50. The average Bonchev–Trinajstić information content (AvgIpc) is 3.25. The molecule has 2 aromatic rings. The number of hydrogen-bond acceptors (Lipinski definition) is 7. The monoisotopic (exact) mass is 337 g/mol. The van der Waals surface area contributed by atoms with Crippen LogP contribution in [0.3, 0.4) is 0 Å². The van der Waals surface area contributed by atoms with Crippen LogP contribution in [0.5, 0.6) is 11.5 Å². The minimum absolute atomic E-state index is 0.0410. The van der Waals surface area contributed by atoms with Crippen LogP contribution in [0.4, 0.5) is 0 Å². The van der Waals surface area contributed by atoms with Gasteiger partial charge < -0.3 is 14.0 Å². The molecule has 0 amide bonds. The van der Waals surface area contributed by atoms with Gasteiger partial charge in [0, 0.05) is 25.1 Å². The van der Waals surface area contributed by atoms with Crippen molar-refractivity contribution in [3.63, 3.8) is 0 Å². The van der Waals surface area contributed by atoms with Gasteiger partial charge in [-0.3, -0.25) is 0 Å². The summed E-state index contributed by atoms with van der Waals surface area (Å²) in [6, 6.07) is 4.70. The summed E-state index contributed by atoms with van der Waals surface area (Å²) in [6.45, 7) is 1.66. The Labute approximate surface area is 133 Å². The lowest BCUT2D eigenvalue weighted by Gasteiger charge is -2.21. The number of benzene rings is 1. The summed E-state index contributed by atoms with van der Waals surface area (Å²) in [7, 11) is -3.58. The summed E-state index contributed by atoms with van der Waals surface area (Å²) in [6.07, 6.45) is 1.93. The van der Waals surface area contributed by atoms with Gasteiger partial charge in [0.2, 0.25) is 16.4 Å². The van der Waals surface area contributed by atoms with Crippen molar-refractivity contribution >= 4 is 10.0 Å². The van der Waals surface area contributed by atoms with Crippen molar-refractivity contribution < 1.29 is 22.4 Å². The fourth-order valence-corrected chi connectivity index (χ4v) is 4.37. The zero-order chi connectivity index (χ0) is 15.9. The Balaban J connectivity index is 1.58. The third kappa shape index (κ3) is 2.55. The molecule has 0 radical (unpaired) electrons. The van der Waals surface area contributed by atoms with Gasteiger partial charge in [-0.15, -0.1) is 0 Å². The largest absolute Gasteiger partial charge is 0.486 e. The molecule has 0 bridgehead atoms. The fraction of sp³-hybridized carbons (Fsp3) is 0.429. The van der Waals surface area contributed by atoms with E-state index in [1.807, 2.05) is 0 Å². The molecule has 1 atom stereocenters. The van der Waals surface area contributed by atoms with E-state index < -0.39 is 10.0 Å². The maximum absolute atomic E-state index is 12.8. The van der Waals surface area contributed by atoms with E-state index in [2.05, 4.69) is 10.1 Å². The Kier molecular flexibility index (Phi) is 3.46. The minimum Gasteiger partial charge on any atom is -0.486 e. The molecule has 0 N–H and O–H groups in total. The zero-order valence-electron chi connectivity index (χ0n) is 12.2. The van der Waals surface area contributed by atoms with Crippen LogP contribution >= 0.6 is 0 Å². The lowest BCUT2D eigenvalue weighted by molar-refractivity contribution is 0.171. The summed E-state index contributed by atoms with van der Waals surface area (Å²) in [5, 5.41) is 3.80. The number of aromatic nitrogens is 2. The first kappa shape index (κ1) is 14.5. The van der Waals surface area contributed by atoms with Gasteiger partial charge >= 0.3 is 0 Å². The number of nitrogens with zero attached hydrogens (tertiary/aromatic N) is 3. The van der Waals surface area contributed by atoms with E-state index in [-0.39, 0.29) is 10.8 Å². The highest BCUT2D eigenvalue weighted by Crippen LogP contribution is 2.35. The highest BCUT2D eigenvalue weighted by molar-refractivity contribution is 7.89. The molecule has 122 valence electrons. The number of fused-ring (bicyclic) bond motifs is 1. The van der Waals surface area contributed by atoms with Crippen molar-refractivity contribution in [1.29, 1.82) is 0 Å². The zero-order valence-corrected chi connectivity index (χ0v) is 13.0. The summed E-state index contributed by atoms with van der Waals surface area (Å²) in [5.41, 5.74) is 0. The summed E-state index contributed by atoms with van der Waals surface area (Å²) in [4.78, 5) is 4.21. The van der Waals surface area contributed by atoms with Gasteiger partial charge in [-0.1, -0.05) is 5.16 Å². The standard InChI is InChI=1S/C14H15N3O5S/c18-23(19,11-1-2-12-13(7-11)21-6-5-20-12)17-4-3-10(8-17)14-15-9-22-16-14/h1-2,7,9-10H,3-6,8H2. The normalized spacial score (nSPS) is 21.5. The molecule has 2 aliphatic rings. The van der Waals surface area contributed by atoms with E-state index in [0.717, 1.165) is 0 Å². The first-order valence-electron chi connectivity index (χ1n) is 7.30. The SMILES string of the molecule is O=S(=O)(c1ccc2c(c1)OCCO2)N1CCC(c2ncon2)C1. The third-order valence-electron chi connectivity index (χ3n) is 4.05. The maximum atomic E-state index is 12.8. The van der Waals surface area contributed by atoms with Gasteiger partial charge in [-0.05, 0) is 18.6 Å². The Morgan fingerprint density at radius 1 is 1.17 bits per heavy atom. The predicted octanol–water partition coefficient (Wildman–Crippen LogP) is 1.02. The Morgan fingerprint density at radius 2 is 2.00 bits per heavy atom. The van der Waals surface area contributed by atoms with Crippen LogP contribution in [0, 0.1) is 0 Å². The highest BCUT2D eigenvalue weighted by atomic mass is 32.2. The third-order valence-corrected chi connectivity index (χ3v) is 5.91. The maximum Gasteiger partial charge on any atom is 0.243 e. The molecule has 1 aromatic carbocycles. The fourth-order valence-electron chi connectivity index (χ4n) is 2.85. The molecule has 23 heavy (non-hydrogen) atoms. The molecule has 1 aromatic heterocycles. The smallest absolute Gasteiger partial charge is 0.243 e. The van der Waals surface area contributed by atoms with E-state index in [4.69, 9.17) is 14.0 Å². The van der Waals surface area contributed by atoms with Gasteiger partial charge in [0.05, 0.1) is 4.90 Å². The van der Waals surface area contributed by atoms with Crippen LogP contribution in [-0.2, 0) is 10.0 Å². The molecule has 1 fully saturated rings. The number of hydrogen-bond donors (Lipinski definition) is 0. The molecule has 0 aliphatic carbocycles. The second-order valence-corrected chi connectivity index (χ2v) is 7.38. The molecule has 9 heteroatoms. The topological polar surface area (TPSA) is 94.8 Å².